The Hall–Kier alpha value is -2.56. The summed E-state index contributed by atoms with van der Waals surface area (Å²) in [6.07, 6.45) is 1.18. The van der Waals surface area contributed by atoms with Gasteiger partial charge < -0.3 is 14.8 Å². The van der Waals surface area contributed by atoms with Crippen LogP contribution in [0.25, 0.3) is 0 Å². The monoisotopic (exact) mass is 315 g/mol. The summed E-state index contributed by atoms with van der Waals surface area (Å²) in [5, 5.41) is 11.7. The molecular formula is C18H21NO4. The number of hydrogen-bond acceptors (Lipinski definition) is 3. The van der Waals surface area contributed by atoms with Crippen LogP contribution in [0.1, 0.15) is 53.1 Å². The van der Waals surface area contributed by atoms with Crippen molar-refractivity contribution >= 4 is 11.9 Å². The highest BCUT2D eigenvalue weighted by molar-refractivity contribution is 5.88. The Morgan fingerprint density at radius 2 is 1.96 bits per heavy atom. The van der Waals surface area contributed by atoms with Gasteiger partial charge in [0.25, 0.3) is 0 Å². The summed E-state index contributed by atoms with van der Waals surface area (Å²) in [5.74, 6) is 0.00875. The number of carboxylic acids is 1. The van der Waals surface area contributed by atoms with Gasteiger partial charge >= 0.3 is 5.97 Å². The van der Waals surface area contributed by atoms with Gasteiger partial charge in [0.05, 0.1) is 6.54 Å². The molecule has 0 saturated carbocycles. The van der Waals surface area contributed by atoms with E-state index in [-0.39, 0.29) is 18.0 Å². The first-order valence-electron chi connectivity index (χ1n) is 7.61. The summed E-state index contributed by atoms with van der Waals surface area (Å²) in [7, 11) is 0. The normalized spacial score (nSPS) is 11.9. The van der Waals surface area contributed by atoms with Gasteiger partial charge in [0.2, 0.25) is 5.91 Å². The van der Waals surface area contributed by atoms with E-state index in [4.69, 9.17) is 9.52 Å². The van der Waals surface area contributed by atoms with Crippen molar-refractivity contribution in [2.24, 2.45) is 0 Å². The van der Waals surface area contributed by atoms with E-state index < -0.39 is 5.97 Å². The number of carbonyl (C=O) groups excluding carboxylic acids is 1. The third-order valence-electron chi connectivity index (χ3n) is 3.83. The number of nitrogens with one attached hydrogen (secondary N) is 1. The molecule has 1 unspecified atom stereocenters. The Balaban J connectivity index is 1.79. The Labute approximate surface area is 135 Å². The van der Waals surface area contributed by atoms with Crippen LogP contribution in [0, 0.1) is 6.92 Å². The second-order valence-corrected chi connectivity index (χ2v) is 5.61. The third kappa shape index (κ3) is 4.71. The van der Waals surface area contributed by atoms with Gasteiger partial charge in [0.15, 0.2) is 0 Å². The van der Waals surface area contributed by atoms with Crippen LogP contribution in [0.5, 0.6) is 0 Å². The van der Waals surface area contributed by atoms with E-state index in [0.717, 1.165) is 6.42 Å². The zero-order valence-electron chi connectivity index (χ0n) is 13.3. The van der Waals surface area contributed by atoms with Crippen LogP contribution in [-0.4, -0.2) is 17.0 Å². The van der Waals surface area contributed by atoms with Gasteiger partial charge in [0.1, 0.15) is 17.1 Å². The van der Waals surface area contributed by atoms with E-state index in [1.807, 2.05) is 18.2 Å². The molecule has 1 aromatic heterocycles. The second kappa shape index (κ2) is 7.63. The molecule has 0 fully saturated rings. The molecule has 2 N–H and O–H groups in total. The molecule has 1 amide bonds. The Morgan fingerprint density at radius 1 is 1.26 bits per heavy atom. The van der Waals surface area contributed by atoms with E-state index in [0.29, 0.717) is 23.9 Å². The van der Waals surface area contributed by atoms with Crippen molar-refractivity contribution in [3.8, 4) is 0 Å². The minimum Gasteiger partial charge on any atom is -0.478 e. The molecule has 23 heavy (non-hydrogen) atoms. The number of furan rings is 1. The zero-order chi connectivity index (χ0) is 16.8. The second-order valence-electron chi connectivity index (χ2n) is 5.61. The van der Waals surface area contributed by atoms with Crippen LogP contribution >= 0.6 is 0 Å². The van der Waals surface area contributed by atoms with Crippen molar-refractivity contribution in [3.63, 3.8) is 0 Å². The number of rotatable bonds is 7. The Kier molecular flexibility index (Phi) is 5.57. The highest BCUT2D eigenvalue weighted by Crippen LogP contribution is 2.20. The van der Waals surface area contributed by atoms with Gasteiger partial charge in [-0.2, -0.15) is 0 Å². The lowest BCUT2D eigenvalue weighted by Crippen LogP contribution is -2.22. The van der Waals surface area contributed by atoms with Crippen LogP contribution in [-0.2, 0) is 11.3 Å². The van der Waals surface area contributed by atoms with Crippen LogP contribution in [0.2, 0.25) is 0 Å². The molecule has 0 saturated heterocycles. The highest BCUT2D eigenvalue weighted by Gasteiger charge is 2.14. The maximum absolute atomic E-state index is 11.9. The van der Waals surface area contributed by atoms with Gasteiger partial charge in [-0.05, 0) is 30.9 Å². The van der Waals surface area contributed by atoms with E-state index in [2.05, 4.69) is 24.4 Å². The fourth-order valence-electron chi connectivity index (χ4n) is 2.41. The van der Waals surface area contributed by atoms with Crippen molar-refractivity contribution < 1.29 is 19.1 Å². The first kappa shape index (κ1) is 16.8. The maximum atomic E-state index is 11.9. The Bertz CT molecular complexity index is 676. The topological polar surface area (TPSA) is 79.5 Å². The molecule has 0 aliphatic rings. The number of aromatic carboxylic acids is 1. The summed E-state index contributed by atoms with van der Waals surface area (Å²) < 4.78 is 5.33. The van der Waals surface area contributed by atoms with Gasteiger partial charge in [-0.3, -0.25) is 4.79 Å². The molecule has 5 nitrogen and oxygen atoms in total. The van der Waals surface area contributed by atoms with Crippen molar-refractivity contribution in [1.29, 1.82) is 0 Å². The third-order valence-corrected chi connectivity index (χ3v) is 3.83. The van der Waals surface area contributed by atoms with Crippen LogP contribution in [0.3, 0.4) is 0 Å². The average molecular weight is 315 g/mol. The number of aryl methyl sites for hydroxylation is 1. The largest absolute Gasteiger partial charge is 0.478 e. The van der Waals surface area contributed by atoms with Crippen molar-refractivity contribution in [1.82, 2.24) is 5.32 Å². The molecule has 5 heteroatoms. The van der Waals surface area contributed by atoms with Crippen LogP contribution in [0.4, 0.5) is 0 Å². The quantitative estimate of drug-likeness (QED) is 0.819. The summed E-state index contributed by atoms with van der Waals surface area (Å²) in [4.78, 5) is 22.8. The summed E-state index contributed by atoms with van der Waals surface area (Å²) in [6.45, 7) is 3.89. The molecule has 0 aliphatic carbocycles. The molecular weight excluding hydrogens is 294 g/mol. The first-order valence-corrected chi connectivity index (χ1v) is 7.61. The van der Waals surface area contributed by atoms with Gasteiger partial charge in [-0.25, -0.2) is 4.79 Å². The molecule has 0 spiro atoms. The zero-order valence-corrected chi connectivity index (χ0v) is 13.3. The lowest BCUT2D eigenvalue weighted by Gasteiger charge is -2.11. The van der Waals surface area contributed by atoms with Crippen LogP contribution < -0.4 is 5.32 Å². The molecule has 0 bridgehead atoms. The molecule has 2 rings (SSSR count). The van der Waals surface area contributed by atoms with Crippen molar-refractivity contribution in [3.05, 3.63) is 59.0 Å². The number of carbonyl (C=O) groups is 2. The van der Waals surface area contributed by atoms with E-state index >= 15 is 0 Å². The fourth-order valence-corrected chi connectivity index (χ4v) is 2.41. The fraction of sp³-hybridized carbons (Fsp3) is 0.333. The SMILES string of the molecule is Cc1oc(CNC(=O)CCC(C)c2ccccc2)cc1C(=O)O. The Morgan fingerprint density at radius 3 is 2.57 bits per heavy atom. The van der Waals surface area contributed by atoms with E-state index in [9.17, 15) is 9.59 Å². The maximum Gasteiger partial charge on any atom is 0.339 e. The van der Waals surface area contributed by atoms with E-state index in [1.165, 1.54) is 11.6 Å². The minimum absolute atomic E-state index is 0.0706. The van der Waals surface area contributed by atoms with Gasteiger partial charge in [-0.1, -0.05) is 37.3 Å². The summed E-state index contributed by atoms with van der Waals surface area (Å²) in [6, 6.07) is 11.5. The molecule has 122 valence electrons. The number of hydrogen-bond donors (Lipinski definition) is 2. The lowest BCUT2D eigenvalue weighted by atomic mass is 9.96. The van der Waals surface area contributed by atoms with Crippen molar-refractivity contribution in [2.75, 3.05) is 0 Å². The standard InChI is InChI=1S/C18H21NO4/c1-12(14-6-4-3-5-7-14)8-9-17(20)19-11-15-10-16(18(21)22)13(2)23-15/h3-7,10,12H,8-9,11H2,1-2H3,(H,19,20)(H,21,22). The summed E-state index contributed by atoms with van der Waals surface area (Å²) >= 11 is 0. The molecule has 0 aliphatic heterocycles. The van der Waals surface area contributed by atoms with E-state index in [1.54, 1.807) is 6.92 Å². The predicted octanol–water partition coefficient (Wildman–Crippen LogP) is 3.49. The highest BCUT2D eigenvalue weighted by atomic mass is 16.4. The number of amides is 1. The molecule has 0 radical (unpaired) electrons. The summed E-state index contributed by atoms with van der Waals surface area (Å²) in [5.41, 5.74) is 1.35. The smallest absolute Gasteiger partial charge is 0.339 e. The molecule has 1 heterocycles. The van der Waals surface area contributed by atoms with Gasteiger partial charge in [0, 0.05) is 6.42 Å². The lowest BCUT2D eigenvalue weighted by molar-refractivity contribution is -0.121. The average Bonchev–Trinajstić information content (AvgIpc) is 2.92. The molecule has 1 aromatic carbocycles. The molecule has 2 aromatic rings. The number of carboxylic acid groups (broad SMARTS) is 1. The predicted molar refractivity (Wildman–Crippen MR) is 86.3 cm³/mol. The molecule has 1 atom stereocenters. The first-order chi connectivity index (χ1) is 11.0. The van der Waals surface area contributed by atoms with Crippen molar-refractivity contribution in [2.45, 2.75) is 39.2 Å². The van der Waals surface area contributed by atoms with Crippen LogP contribution in [0.15, 0.2) is 40.8 Å². The van der Waals surface area contributed by atoms with Gasteiger partial charge in [-0.15, -0.1) is 0 Å². The minimum atomic E-state index is -1.03. The number of benzene rings is 1.